The first-order valence-electron chi connectivity index (χ1n) is 8.89. The maximum absolute atomic E-state index is 12.6. The minimum atomic E-state index is -3.75. The molecule has 0 atom stereocenters. The fourth-order valence-electron chi connectivity index (χ4n) is 2.57. The van der Waals surface area contributed by atoms with E-state index < -0.39 is 22.6 Å². The van der Waals surface area contributed by atoms with Crippen molar-refractivity contribution in [3.05, 3.63) is 64.7 Å². The minimum Gasteiger partial charge on any atom is -0.452 e. The molecule has 0 aliphatic rings. The number of carbonyl (C=O) groups is 2. The smallest absolute Gasteiger partial charge is 0.340 e. The summed E-state index contributed by atoms with van der Waals surface area (Å²) in [6.45, 7) is 3.63. The number of nitrogens with one attached hydrogen (secondary N) is 1. The van der Waals surface area contributed by atoms with Gasteiger partial charge in [0.25, 0.3) is 5.91 Å². The van der Waals surface area contributed by atoms with E-state index in [1.807, 2.05) is 44.2 Å². The van der Waals surface area contributed by atoms with Crippen LogP contribution in [0.2, 0.25) is 5.02 Å². The van der Waals surface area contributed by atoms with Gasteiger partial charge in [-0.25, -0.2) is 17.9 Å². The number of hydrogen-bond acceptors (Lipinski definition) is 5. The molecule has 2 aromatic carbocycles. The van der Waals surface area contributed by atoms with Crippen LogP contribution in [0.25, 0.3) is 0 Å². The molecular weight excluding hydrogens is 416 g/mol. The molecule has 0 saturated carbocycles. The van der Waals surface area contributed by atoms with Crippen molar-refractivity contribution in [1.29, 1.82) is 0 Å². The van der Waals surface area contributed by atoms with Gasteiger partial charge >= 0.3 is 5.97 Å². The van der Waals surface area contributed by atoms with Crippen molar-refractivity contribution in [2.75, 3.05) is 13.7 Å². The van der Waals surface area contributed by atoms with E-state index in [2.05, 4.69) is 4.72 Å². The molecule has 0 radical (unpaired) electrons. The van der Waals surface area contributed by atoms with Crippen molar-refractivity contribution < 1.29 is 22.7 Å². The van der Waals surface area contributed by atoms with Gasteiger partial charge in [0, 0.05) is 12.6 Å². The fraction of sp³-hybridized carbons (Fsp3) is 0.300. The highest BCUT2D eigenvalue weighted by atomic mass is 35.5. The zero-order valence-electron chi connectivity index (χ0n) is 16.4. The first-order chi connectivity index (χ1) is 13.7. The molecule has 29 heavy (non-hydrogen) atoms. The quantitative estimate of drug-likeness (QED) is 0.640. The topological polar surface area (TPSA) is 92.8 Å². The van der Waals surface area contributed by atoms with Gasteiger partial charge in [0.2, 0.25) is 10.0 Å². The van der Waals surface area contributed by atoms with Crippen molar-refractivity contribution in [3.63, 3.8) is 0 Å². The van der Waals surface area contributed by atoms with E-state index >= 15 is 0 Å². The lowest BCUT2D eigenvalue weighted by Gasteiger charge is -2.26. The van der Waals surface area contributed by atoms with E-state index in [4.69, 9.17) is 16.3 Å². The summed E-state index contributed by atoms with van der Waals surface area (Å²) in [6, 6.07) is 13.0. The number of sulfonamides is 1. The van der Waals surface area contributed by atoms with Gasteiger partial charge in [-0.05, 0) is 44.7 Å². The molecule has 0 heterocycles. The number of esters is 1. The van der Waals surface area contributed by atoms with Crippen molar-refractivity contribution >= 4 is 33.5 Å². The lowest BCUT2D eigenvalue weighted by Crippen LogP contribution is -2.39. The molecular formula is C20H23ClN2O5S. The highest BCUT2D eigenvalue weighted by Gasteiger charge is 2.22. The zero-order valence-corrected chi connectivity index (χ0v) is 18.0. The average Bonchev–Trinajstić information content (AvgIpc) is 2.70. The van der Waals surface area contributed by atoms with Crippen LogP contribution in [0.4, 0.5) is 0 Å². The molecule has 0 unspecified atom stereocenters. The highest BCUT2D eigenvalue weighted by molar-refractivity contribution is 7.89. The maximum atomic E-state index is 12.6. The Kier molecular flexibility index (Phi) is 7.78. The molecule has 0 aliphatic heterocycles. The number of nitrogens with zero attached hydrogens (tertiary/aromatic N) is 1. The van der Waals surface area contributed by atoms with Crippen LogP contribution < -0.4 is 4.72 Å². The van der Waals surface area contributed by atoms with Crippen LogP contribution >= 0.6 is 11.6 Å². The molecule has 2 aromatic rings. The third kappa shape index (κ3) is 6.03. The number of carbonyl (C=O) groups excluding carboxylic acids is 2. The van der Waals surface area contributed by atoms with Gasteiger partial charge in [-0.2, -0.15) is 0 Å². The first kappa shape index (κ1) is 22.9. The lowest BCUT2D eigenvalue weighted by atomic mass is 10.2. The number of benzene rings is 2. The Morgan fingerprint density at radius 3 is 2.38 bits per heavy atom. The molecule has 0 bridgehead atoms. The number of amides is 1. The summed E-state index contributed by atoms with van der Waals surface area (Å²) in [7, 11) is -2.50. The summed E-state index contributed by atoms with van der Waals surface area (Å²) in [5.74, 6) is -1.24. The number of rotatable bonds is 8. The van der Waals surface area contributed by atoms with Crippen LogP contribution in [0, 0.1) is 0 Å². The summed E-state index contributed by atoms with van der Waals surface area (Å²) in [5.41, 5.74) is 0.823. The predicted molar refractivity (Wildman–Crippen MR) is 110 cm³/mol. The highest BCUT2D eigenvalue weighted by Crippen LogP contribution is 2.21. The summed E-state index contributed by atoms with van der Waals surface area (Å²) >= 11 is 6.01. The van der Waals surface area contributed by atoms with Gasteiger partial charge in [-0.3, -0.25) is 4.79 Å². The zero-order chi connectivity index (χ0) is 21.6. The molecule has 9 heteroatoms. The minimum absolute atomic E-state index is 0.0301. The van der Waals surface area contributed by atoms with Crippen LogP contribution in [0.15, 0.2) is 53.4 Å². The van der Waals surface area contributed by atoms with Gasteiger partial charge in [0.1, 0.15) is 0 Å². The second-order valence-corrected chi connectivity index (χ2v) is 8.82. The Bertz CT molecular complexity index is 978. The third-order valence-corrected chi connectivity index (χ3v) is 5.94. The van der Waals surface area contributed by atoms with Gasteiger partial charge in [0.15, 0.2) is 6.61 Å². The molecule has 1 N–H and O–H groups in total. The SMILES string of the molecule is CNS(=O)(=O)c1ccc(Cl)c(C(=O)OCC(=O)N(Cc2ccccc2)C(C)C)c1. The van der Waals surface area contributed by atoms with Crippen molar-refractivity contribution in [2.24, 2.45) is 0 Å². The van der Waals surface area contributed by atoms with Crippen LogP contribution in [0.3, 0.4) is 0 Å². The largest absolute Gasteiger partial charge is 0.452 e. The van der Waals surface area contributed by atoms with E-state index in [1.54, 1.807) is 4.90 Å². The fourth-order valence-corrected chi connectivity index (χ4v) is 3.52. The Balaban J connectivity index is 2.11. The van der Waals surface area contributed by atoms with E-state index in [9.17, 15) is 18.0 Å². The molecule has 0 saturated heterocycles. The molecule has 7 nitrogen and oxygen atoms in total. The number of hydrogen-bond donors (Lipinski definition) is 1. The van der Waals surface area contributed by atoms with Crippen LogP contribution in [0.5, 0.6) is 0 Å². The van der Waals surface area contributed by atoms with E-state index in [1.165, 1.54) is 19.2 Å². The van der Waals surface area contributed by atoms with Crippen LogP contribution in [-0.2, 0) is 26.1 Å². The van der Waals surface area contributed by atoms with Gasteiger partial charge in [0.05, 0.1) is 15.5 Å². The predicted octanol–water partition coefficient (Wildman–Crippen LogP) is 2.84. The monoisotopic (exact) mass is 438 g/mol. The average molecular weight is 439 g/mol. The van der Waals surface area contributed by atoms with Gasteiger partial charge in [-0.15, -0.1) is 0 Å². The third-order valence-electron chi connectivity index (χ3n) is 4.20. The van der Waals surface area contributed by atoms with E-state index in [-0.39, 0.29) is 27.4 Å². The first-order valence-corrected chi connectivity index (χ1v) is 10.8. The van der Waals surface area contributed by atoms with Gasteiger partial charge < -0.3 is 9.64 Å². The van der Waals surface area contributed by atoms with Crippen molar-refractivity contribution in [1.82, 2.24) is 9.62 Å². The number of ether oxygens (including phenoxy) is 1. The molecule has 0 spiro atoms. The van der Waals surface area contributed by atoms with Crippen LogP contribution in [-0.4, -0.2) is 44.9 Å². The number of halogens is 1. The van der Waals surface area contributed by atoms with Crippen LogP contribution in [0.1, 0.15) is 29.8 Å². The van der Waals surface area contributed by atoms with Gasteiger partial charge in [-0.1, -0.05) is 41.9 Å². The standard InChI is InChI=1S/C20H23ClN2O5S/c1-14(2)23(12-15-7-5-4-6-8-15)19(24)13-28-20(25)17-11-16(9-10-18(17)21)29(26,27)22-3/h4-11,14,22H,12-13H2,1-3H3. The Morgan fingerprint density at radius 2 is 1.79 bits per heavy atom. The van der Waals surface area contributed by atoms with Crippen molar-refractivity contribution in [3.8, 4) is 0 Å². The summed E-state index contributed by atoms with van der Waals surface area (Å²) < 4.78 is 31.1. The Hall–Kier alpha value is -2.42. The maximum Gasteiger partial charge on any atom is 0.340 e. The second-order valence-electron chi connectivity index (χ2n) is 6.53. The molecule has 0 aliphatic carbocycles. The van der Waals surface area contributed by atoms with E-state index in [0.29, 0.717) is 6.54 Å². The summed E-state index contributed by atoms with van der Waals surface area (Å²) in [5, 5.41) is 0.0301. The molecule has 156 valence electrons. The lowest BCUT2D eigenvalue weighted by molar-refractivity contribution is -0.136. The second kappa shape index (κ2) is 9.87. The molecule has 2 rings (SSSR count). The summed E-state index contributed by atoms with van der Waals surface area (Å²) in [4.78, 5) is 26.4. The van der Waals surface area contributed by atoms with Crippen molar-refractivity contribution in [2.45, 2.75) is 31.3 Å². The normalized spacial score (nSPS) is 11.3. The molecule has 1 amide bonds. The Morgan fingerprint density at radius 1 is 1.14 bits per heavy atom. The Labute approximate surface area is 175 Å². The van der Waals surface area contributed by atoms with E-state index in [0.717, 1.165) is 11.6 Å². The summed E-state index contributed by atoms with van der Waals surface area (Å²) in [6.07, 6.45) is 0. The molecule has 0 aromatic heterocycles. The molecule has 0 fully saturated rings.